The van der Waals surface area contributed by atoms with Crippen LogP contribution in [0.2, 0.25) is 0 Å². The van der Waals surface area contributed by atoms with E-state index in [1.165, 1.54) is 27.4 Å². The van der Waals surface area contributed by atoms with Crippen molar-refractivity contribution in [2.24, 2.45) is 9.98 Å². The van der Waals surface area contributed by atoms with Gasteiger partial charge in [-0.25, -0.2) is 9.98 Å². The fraction of sp³-hybridized carbons (Fsp3) is 0.0200. The van der Waals surface area contributed by atoms with Crippen molar-refractivity contribution < 1.29 is 0 Å². The molecule has 4 heterocycles. The molecule has 1 aliphatic heterocycles. The van der Waals surface area contributed by atoms with Gasteiger partial charge in [-0.2, -0.15) is 0 Å². The summed E-state index contributed by atoms with van der Waals surface area (Å²) in [6.07, 6.45) is 1.61. The van der Waals surface area contributed by atoms with Gasteiger partial charge in [-0.3, -0.25) is 4.98 Å². The van der Waals surface area contributed by atoms with E-state index < -0.39 is 0 Å². The Morgan fingerprint density at radius 1 is 0.464 bits per heavy atom. The van der Waals surface area contributed by atoms with Gasteiger partial charge in [0.25, 0.3) is 0 Å². The Kier molecular flexibility index (Phi) is 7.45. The second-order valence-electron chi connectivity index (χ2n) is 14.1. The topological polar surface area (TPSA) is 59.5 Å². The van der Waals surface area contributed by atoms with Crippen LogP contribution in [0.25, 0.3) is 66.2 Å². The summed E-state index contributed by atoms with van der Waals surface area (Å²) in [7, 11) is 0. The largest absolute Gasteiger partial charge is 0.344 e. The normalized spacial score (nSPS) is 14.2. The maximum Gasteiger partial charge on any atom is 0.159 e. The molecule has 7 aromatic carbocycles. The Labute approximate surface area is 323 Å². The molecule has 1 unspecified atom stereocenters. The molecule has 264 valence electrons. The molecule has 10 aromatic rings. The average Bonchev–Trinajstić information content (AvgIpc) is 3.80. The highest BCUT2D eigenvalue weighted by Gasteiger charge is 2.22. The molecule has 56 heavy (non-hydrogen) atoms. The maximum atomic E-state index is 5.15. The number of pyridine rings is 1. The van der Waals surface area contributed by atoms with Crippen molar-refractivity contribution >= 4 is 55.4 Å². The van der Waals surface area contributed by atoms with Crippen molar-refractivity contribution in [3.8, 4) is 22.5 Å². The number of rotatable bonds is 6. The second-order valence-corrected chi connectivity index (χ2v) is 14.1. The highest BCUT2D eigenvalue weighted by Crippen LogP contribution is 2.41. The number of nitrogens with zero attached hydrogens (tertiary/aromatic N) is 5. The molecule has 1 aliphatic rings. The Bertz CT molecular complexity index is 3160. The summed E-state index contributed by atoms with van der Waals surface area (Å²) in [5, 5.41) is 7.14. The summed E-state index contributed by atoms with van der Waals surface area (Å²) < 4.78 is 4.68. The summed E-state index contributed by atoms with van der Waals surface area (Å²) in [6, 6.07) is 66.1. The lowest BCUT2D eigenvalue weighted by atomic mass is 9.98. The van der Waals surface area contributed by atoms with E-state index in [2.05, 4.69) is 160 Å². The smallest absolute Gasteiger partial charge is 0.159 e. The molecular weight excluding hydrogens is 685 g/mol. The SMILES string of the molecule is c1ccc(C2=NC(c3cccc(-n4c5ccc(-c6cccc7c6c6ccccc6n7-c6ccccc6)cc5c5ncccc54)c3)=NC(c3ccccc3)N2)cc1. The van der Waals surface area contributed by atoms with E-state index >= 15 is 0 Å². The number of nitrogens with one attached hydrogen (secondary N) is 1. The molecule has 0 saturated heterocycles. The van der Waals surface area contributed by atoms with E-state index in [9.17, 15) is 0 Å². The fourth-order valence-corrected chi connectivity index (χ4v) is 8.31. The second kappa shape index (κ2) is 13.1. The van der Waals surface area contributed by atoms with Gasteiger partial charge in [0.1, 0.15) is 12.0 Å². The fourth-order valence-electron chi connectivity index (χ4n) is 8.31. The minimum Gasteiger partial charge on any atom is -0.344 e. The van der Waals surface area contributed by atoms with Crippen LogP contribution in [0.3, 0.4) is 0 Å². The van der Waals surface area contributed by atoms with Crippen LogP contribution in [0.15, 0.2) is 204 Å². The first-order valence-electron chi connectivity index (χ1n) is 18.9. The van der Waals surface area contributed by atoms with Crippen LogP contribution in [0.4, 0.5) is 0 Å². The van der Waals surface area contributed by atoms with E-state index in [0.717, 1.165) is 61.4 Å². The third kappa shape index (κ3) is 5.22. The van der Waals surface area contributed by atoms with Crippen molar-refractivity contribution in [2.45, 2.75) is 6.17 Å². The summed E-state index contributed by atoms with van der Waals surface area (Å²) in [5.74, 6) is 1.48. The van der Waals surface area contributed by atoms with Gasteiger partial charge in [0.15, 0.2) is 5.84 Å². The molecule has 6 heteroatoms. The molecule has 0 amide bonds. The van der Waals surface area contributed by atoms with Gasteiger partial charge in [0, 0.05) is 44.9 Å². The monoisotopic (exact) mass is 718 g/mol. The average molecular weight is 719 g/mol. The molecule has 0 saturated carbocycles. The van der Waals surface area contributed by atoms with Crippen LogP contribution in [0, 0.1) is 0 Å². The summed E-state index contributed by atoms with van der Waals surface area (Å²) in [6.45, 7) is 0. The first-order valence-corrected chi connectivity index (χ1v) is 18.9. The number of hydrogen-bond acceptors (Lipinski definition) is 4. The minimum atomic E-state index is -0.274. The van der Waals surface area contributed by atoms with Gasteiger partial charge < -0.3 is 14.5 Å². The third-order valence-electron chi connectivity index (χ3n) is 10.8. The zero-order chi connectivity index (χ0) is 37.0. The molecule has 0 aliphatic carbocycles. The molecule has 1 atom stereocenters. The molecular formula is C50H34N6. The molecule has 0 spiro atoms. The van der Waals surface area contributed by atoms with Gasteiger partial charge in [-0.05, 0) is 77.4 Å². The number of aliphatic imine (C=N–C) groups is 2. The zero-order valence-corrected chi connectivity index (χ0v) is 30.3. The zero-order valence-electron chi connectivity index (χ0n) is 30.3. The highest BCUT2D eigenvalue weighted by atomic mass is 15.2. The Hall–Kier alpha value is -7.57. The highest BCUT2D eigenvalue weighted by molar-refractivity contribution is 6.17. The van der Waals surface area contributed by atoms with Gasteiger partial charge >= 0.3 is 0 Å². The van der Waals surface area contributed by atoms with Gasteiger partial charge in [-0.15, -0.1) is 0 Å². The number of para-hydroxylation sites is 2. The molecule has 1 N–H and O–H groups in total. The van der Waals surface area contributed by atoms with E-state index in [4.69, 9.17) is 15.0 Å². The standard InChI is InChI=1S/C50H34N6/c1-4-15-33(16-5-1)48-52-49(34-17-6-2-7-18-34)54-50(53-48)36-19-12-22-38(31-36)56-43-29-28-35(32-41(43)47-45(56)27-14-30-51-47)39-24-13-26-44-46(39)40-23-10-11-25-42(40)55(44)37-20-8-3-9-21-37/h1-32,48H,(H,52,53,54). The summed E-state index contributed by atoms with van der Waals surface area (Å²) in [5.41, 5.74) is 13.0. The van der Waals surface area contributed by atoms with Crippen molar-refractivity contribution in [2.75, 3.05) is 0 Å². The number of fused-ring (bicyclic) bond motifs is 6. The predicted octanol–water partition coefficient (Wildman–Crippen LogP) is 11.4. The van der Waals surface area contributed by atoms with Gasteiger partial charge in [0.2, 0.25) is 0 Å². The number of benzene rings is 7. The molecule has 6 nitrogen and oxygen atoms in total. The first-order chi connectivity index (χ1) is 27.8. The van der Waals surface area contributed by atoms with Crippen LogP contribution in [0.1, 0.15) is 22.9 Å². The quantitative estimate of drug-likeness (QED) is 0.186. The maximum absolute atomic E-state index is 5.15. The third-order valence-corrected chi connectivity index (χ3v) is 10.8. The lowest BCUT2D eigenvalue weighted by Gasteiger charge is -2.23. The molecule has 0 bridgehead atoms. The van der Waals surface area contributed by atoms with Crippen LogP contribution in [-0.2, 0) is 0 Å². The minimum absolute atomic E-state index is 0.274. The predicted molar refractivity (Wildman–Crippen MR) is 230 cm³/mol. The van der Waals surface area contributed by atoms with Crippen LogP contribution < -0.4 is 5.32 Å². The molecule has 0 fully saturated rings. The molecule has 11 rings (SSSR count). The van der Waals surface area contributed by atoms with E-state index in [0.29, 0.717) is 5.84 Å². The van der Waals surface area contributed by atoms with Crippen molar-refractivity contribution in [1.82, 2.24) is 19.4 Å². The van der Waals surface area contributed by atoms with Crippen LogP contribution in [-0.4, -0.2) is 25.8 Å². The Balaban J connectivity index is 1.07. The van der Waals surface area contributed by atoms with Gasteiger partial charge in [0.05, 0.1) is 27.6 Å². The first kappa shape index (κ1) is 31.9. The van der Waals surface area contributed by atoms with Crippen molar-refractivity contribution in [3.63, 3.8) is 0 Å². The summed E-state index contributed by atoms with van der Waals surface area (Å²) in [4.78, 5) is 15.2. The van der Waals surface area contributed by atoms with Crippen molar-refractivity contribution in [3.05, 3.63) is 211 Å². The molecule has 0 radical (unpaired) electrons. The van der Waals surface area contributed by atoms with Crippen molar-refractivity contribution in [1.29, 1.82) is 0 Å². The Morgan fingerprint density at radius 2 is 1.12 bits per heavy atom. The lowest BCUT2D eigenvalue weighted by molar-refractivity contribution is 0.674. The molecule has 3 aromatic heterocycles. The van der Waals surface area contributed by atoms with E-state index in [-0.39, 0.29) is 6.17 Å². The van der Waals surface area contributed by atoms with Crippen LogP contribution in [0.5, 0.6) is 0 Å². The number of aromatic nitrogens is 3. The summed E-state index contributed by atoms with van der Waals surface area (Å²) >= 11 is 0. The Morgan fingerprint density at radius 3 is 1.98 bits per heavy atom. The lowest BCUT2D eigenvalue weighted by Crippen LogP contribution is -2.33. The number of amidine groups is 2. The van der Waals surface area contributed by atoms with Crippen LogP contribution >= 0.6 is 0 Å². The van der Waals surface area contributed by atoms with E-state index in [1.54, 1.807) is 0 Å². The number of hydrogen-bond donors (Lipinski definition) is 1. The van der Waals surface area contributed by atoms with Gasteiger partial charge in [-0.1, -0.05) is 127 Å². The van der Waals surface area contributed by atoms with E-state index in [1.807, 2.05) is 48.7 Å².